The Balaban J connectivity index is 1.70. The smallest absolute Gasteiger partial charge is 0.0678 e. The highest BCUT2D eigenvalue weighted by Crippen LogP contribution is 2.41. The molecule has 3 heterocycles. The molecule has 0 N–H and O–H groups in total. The fourth-order valence-corrected chi connectivity index (χ4v) is 4.49. The van der Waals surface area contributed by atoms with Gasteiger partial charge in [0.2, 0.25) is 0 Å². The van der Waals surface area contributed by atoms with Crippen molar-refractivity contribution in [3.8, 4) is 0 Å². The number of thiophene rings is 1. The number of methoxy groups -OCH3 is 1. The number of likely N-dealkylation sites (tertiary alicyclic amines) is 1. The van der Waals surface area contributed by atoms with Crippen LogP contribution in [0.25, 0.3) is 0 Å². The van der Waals surface area contributed by atoms with Crippen molar-refractivity contribution in [3.63, 3.8) is 0 Å². The Hall–Kier alpha value is -0.420. The highest BCUT2D eigenvalue weighted by atomic mass is 32.1. The van der Waals surface area contributed by atoms with E-state index in [9.17, 15) is 0 Å². The molecule has 3 nitrogen and oxygen atoms in total. The van der Waals surface area contributed by atoms with E-state index in [0.717, 1.165) is 45.7 Å². The van der Waals surface area contributed by atoms with E-state index < -0.39 is 0 Å². The minimum absolute atomic E-state index is 0.234. The van der Waals surface area contributed by atoms with Crippen LogP contribution in [0.5, 0.6) is 0 Å². The van der Waals surface area contributed by atoms with Gasteiger partial charge in [-0.3, -0.25) is 4.90 Å². The van der Waals surface area contributed by atoms with Gasteiger partial charge in [-0.25, -0.2) is 0 Å². The quantitative estimate of drug-likeness (QED) is 0.847. The van der Waals surface area contributed by atoms with Gasteiger partial charge in [-0.2, -0.15) is 0 Å². The molecule has 2 aliphatic rings. The van der Waals surface area contributed by atoms with E-state index in [2.05, 4.69) is 23.3 Å². The van der Waals surface area contributed by atoms with Crippen LogP contribution in [0.4, 0.5) is 0 Å². The summed E-state index contributed by atoms with van der Waals surface area (Å²) in [5.41, 5.74) is 1.66. The molecule has 106 valence electrons. The van der Waals surface area contributed by atoms with Crippen LogP contribution < -0.4 is 0 Å². The average molecular weight is 281 g/mol. The predicted octanol–water partition coefficient (Wildman–Crippen LogP) is 2.68. The second-order valence-electron chi connectivity index (χ2n) is 5.93. The van der Waals surface area contributed by atoms with E-state index in [1.54, 1.807) is 0 Å². The molecule has 1 aromatic heterocycles. The van der Waals surface area contributed by atoms with Gasteiger partial charge in [-0.1, -0.05) is 0 Å². The van der Waals surface area contributed by atoms with Gasteiger partial charge in [-0.05, 0) is 36.8 Å². The van der Waals surface area contributed by atoms with Crippen LogP contribution in [0.2, 0.25) is 0 Å². The minimum atomic E-state index is 0.234. The summed E-state index contributed by atoms with van der Waals surface area (Å²) in [4.78, 5) is 4.09. The Bertz CT molecular complexity index is 434. The van der Waals surface area contributed by atoms with E-state index in [0.29, 0.717) is 6.10 Å². The van der Waals surface area contributed by atoms with E-state index >= 15 is 0 Å². The van der Waals surface area contributed by atoms with Crippen molar-refractivity contribution in [3.05, 3.63) is 21.9 Å². The van der Waals surface area contributed by atoms with Crippen LogP contribution in [-0.4, -0.2) is 44.4 Å². The zero-order valence-electron chi connectivity index (χ0n) is 11.9. The highest BCUT2D eigenvalue weighted by molar-refractivity contribution is 7.10. The maximum absolute atomic E-state index is 5.92. The molecule has 2 saturated heterocycles. The molecule has 0 radical (unpaired) electrons. The van der Waals surface area contributed by atoms with Gasteiger partial charge < -0.3 is 9.47 Å². The van der Waals surface area contributed by atoms with E-state index in [1.165, 1.54) is 10.4 Å². The standard InChI is InChI=1S/C15H23NO2S/c1-12-4-8-19-13(12)9-16-6-3-14-15(10-16,11-17-2)5-7-18-14/h4,8,14H,3,5-7,9-11H2,1-2H3/t14-,15+/m0/s1. The molecule has 2 atom stereocenters. The third kappa shape index (κ3) is 2.59. The monoisotopic (exact) mass is 281 g/mol. The molecule has 19 heavy (non-hydrogen) atoms. The third-order valence-corrected chi connectivity index (χ3v) is 5.62. The SMILES string of the molecule is COC[C@]12CCO[C@H]1CCN(Cc1sccc1C)C2. The van der Waals surface area contributed by atoms with Gasteiger partial charge in [0.25, 0.3) is 0 Å². The van der Waals surface area contributed by atoms with Crippen molar-refractivity contribution >= 4 is 11.3 Å². The molecule has 3 rings (SSSR count). The van der Waals surface area contributed by atoms with Gasteiger partial charge in [0, 0.05) is 43.6 Å². The van der Waals surface area contributed by atoms with Crippen LogP contribution in [0, 0.1) is 12.3 Å². The highest BCUT2D eigenvalue weighted by Gasteiger charge is 2.47. The van der Waals surface area contributed by atoms with Gasteiger partial charge in [0.15, 0.2) is 0 Å². The van der Waals surface area contributed by atoms with Gasteiger partial charge in [-0.15, -0.1) is 11.3 Å². The molecule has 0 aliphatic carbocycles. The van der Waals surface area contributed by atoms with Gasteiger partial charge >= 0.3 is 0 Å². The molecule has 0 amide bonds. The fourth-order valence-electron chi connectivity index (χ4n) is 3.54. The molecule has 0 unspecified atom stereocenters. The minimum Gasteiger partial charge on any atom is -0.384 e. The molecule has 0 spiro atoms. The molecule has 0 aromatic carbocycles. The lowest BCUT2D eigenvalue weighted by atomic mass is 9.77. The van der Waals surface area contributed by atoms with Crippen molar-refractivity contribution in [2.45, 2.75) is 32.4 Å². The van der Waals surface area contributed by atoms with Crippen LogP contribution in [0.1, 0.15) is 23.3 Å². The summed E-state index contributed by atoms with van der Waals surface area (Å²) in [7, 11) is 1.81. The van der Waals surface area contributed by atoms with Crippen molar-refractivity contribution in [2.24, 2.45) is 5.41 Å². The second kappa shape index (κ2) is 5.52. The Kier molecular flexibility index (Phi) is 3.94. The summed E-state index contributed by atoms with van der Waals surface area (Å²) in [6.45, 7) is 7.29. The zero-order valence-corrected chi connectivity index (χ0v) is 12.7. The number of hydrogen-bond donors (Lipinski definition) is 0. The molecule has 2 fully saturated rings. The van der Waals surface area contributed by atoms with Crippen molar-refractivity contribution in [1.29, 1.82) is 0 Å². The lowest BCUT2D eigenvalue weighted by molar-refractivity contribution is -0.0555. The molecule has 1 aromatic rings. The first kappa shape index (κ1) is 13.6. The summed E-state index contributed by atoms with van der Waals surface area (Å²) >= 11 is 1.88. The molecular formula is C15H23NO2S. The summed E-state index contributed by atoms with van der Waals surface area (Å²) in [5.74, 6) is 0. The molecule has 2 aliphatic heterocycles. The Labute approximate surface area is 119 Å². The number of ether oxygens (including phenoxy) is 2. The van der Waals surface area contributed by atoms with Crippen LogP contribution >= 0.6 is 11.3 Å². The lowest BCUT2D eigenvalue weighted by Crippen LogP contribution is -2.51. The first-order valence-electron chi connectivity index (χ1n) is 7.09. The normalized spacial score (nSPS) is 31.6. The lowest BCUT2D eigenvalue weighted by Gasteiger charge is -2.43. The van der Waals surface area contributed by atoms with Crippen molar-refractivity contribution < 1.29 is 9.47 Å². The Morgan fingerprint density at radius 3 is 3.21 bits per heavy atom. The third-order valence-electron chi connectivity index (χ3n) is 4.62. The maximum atomic E-state index is 5.92. The summed E-state index contributed by atoms with van der Waals surface area (Å²) in [6, 6.07) is 2.22. The zero-order chi connectivity index (χ0) is 13.3. The Morgan fingerprint density at radius 2 is 2.47 bits per heavy atom. The summed E-state index contributed by atoms with van der Waals surface area (Å²) in [5, 5.41) is 2.20. The van der Waals surface area contributed by atoms with Crippen LogP contribution in [-0.2, 0) is 16.0 Å². The van der Waals surface area contributed by atoms with Crippen molar-refractivity contribution in [1.82, 2.24) is 4.90 Å². The largest absolute Gasteiger partial charge is 0.384 e. The number of piperidine rings is 1. The number of rotatable bonds is 4. The maximum Gasteiger partial charge on any atom is 0.0678 e. The molecular weight excluding hydrogens is 258 g/mol. The molecule has 0 bridgehead atoms. The number of fused-ring (bicyclic) bond motifs is 1. The average Bonchev–Trinajstić information content (AvgIpc) is 2.97. The second-order valence-corrected chi connectivity index (χ2v) is 6.93. The van der Waals surface area contributed by atoms with E-state index in [-0.39, 0.29) is 5.41 Å². The number of hydrogen-bond acceptors (Lipinski definition) is 4. The van der Waals surface area contributed by atoms with E-state index in [1.807, 2.05) is 18.4 Å². The first-order valence-corrected chi connectivity index (χ1v) is 7.97. The molecule has 4 heteroatoms. The number of aryl methyl sites for hydroxylation is 1. The molecule has 0 saturated carbocycles. The number of nitrogens with zero attached hydrogens (tertiary/aromatic N) is 1. The Morgan fingerprint density at radius 1 is 1.58 bits per heavy atom. The first-order chi connectivity index (χ1) is 9.23. The summed E-state index contributed by atoms with van der Waals surface area (Å²) < 4.78 is 11.4. The predicted molar refractivity (Wildman–Crippen MR) is 77.6 cm³/mol. The van der Waals surface area contributed by atoms with Crippen LogP contribution in [0.3, 0.4) is 0 Å². The topological polar surface area (TPSA) is 21.7 Å². The van der Waals surface area contributed by atoms with Gasteiger partial charge in [0.05, 0.1) is 12.7 Å². The fraction of sp³-hybridized carbons (Fsp3) is 0.733. The van der Waals surface area contributed by atoms with E-state index in [4.69, 9.17) is 9.47 Å². The van der Waals surface area contributed by atoms with Gasteiger partial charge in [0.1, 0.15) is 0 Å². The van der Waals surface area contributed by atoms with Crippen LogP contribution in [0.15, 0.2) is 11.4 Å². The van der Waals surface area contributed by atoms with Crippen molar-refractivity contribution in [2.75, 3.05) is 33.4 Å². The summed E-state index contributed by atoms with van der Waals surface area (Å²) in [6.07, 6.45) is 2.70.